The molecule has 0 aliphatic heterocycles. The van der Waals surface area contributed by atoms with Crippen LogP contribution in [0.5, 0.6) is 0 Å². The smallest absolute Gasteiger partial charge is 0.240 e. The number of aryl methyl sites for hydroxylation is 2. The van der Waals surface area contributed by atoms with Crippen molar-refractivity contribution >= 4 is 33.4 Å². The summed E-state index contributed by atoms with van der Waals surface area (Å²) in [6.45, 7) is 6.17. The first kappa shape index (κ1) is 22.1. The molecule has 0 atom stereocenters. The number of nitrogens with one attached hydrogen (secondary N) is 2. The zero-order valence-electron chi connectivity index (χ0n) is 17.1. The SMILES string of the molecule is CCn1c(SCC(=O)Nc2ccc(C)c(S(=O)(=O)NC)c2)nnc1-c1ccoc1C. The number of furan rings is 1. The molecule has 0 aliphatic carbocycles. The van der Waals surface area contributed by atoms with Crippen LogP contribution in [0.3, 0.4) is 0 Å². The summed E-state index contributed by atoms with van der Waals surface area (Å²) in [6, 6.07) is 6.60. The van der Waals surface area contributed by atoms with Gasteiger partial charge in [0.1, 0.15) is 5.76 Å². The van der Waals surface area contributed by atoms with Crippen LogP contribution in [0.15, 0.2) is 45.0 Å². The number of carbonyl (C=O) groups is 1. The van der Waals surface area contributed by atoms with Crippen LogP contribution in [-0.4, -0.2) is 41.9 Å². The van der Waals surface area contributed by atoms with Crippen LogP contribution in [0.4, 0.5) is 5.69 Å². The van der Waals surface area contributed by atoms with E-state index in [9.17, 15) is 13.2 Å². The molecule has 0 radical (unpaired) electrons. The zero-order valence-corrected chi connectivity index (χ0v) is 18.7. The van der Waals surface area contributed by atoms with Gasteiger partial charge in [-0.3, -0.25) is 4.79 Å². The summed E-state index contributed by atoms with van der Waals surface area (Å²) in [5.41, 5.74) is 1.86. The molecule has 11 heteroatoms. The third-order valence-electron chi connectivity index (χ3n) is 4.50. The minimum atomic E-state index is -3.61. The first-order valence-corrected chi connectivity index (χ1v) is 11.7. The number of carbonyl (C=O) groups excluding carboxylic acids is 1. The quantitative estimate of drug-likeness (QED) is 0.508. The van der Waals surface area contributed by atoms with E-state index < -0.39 is 10.0 Å². The van der Waals surface area contributed by atoms with Crippen LogP contribution in [0.2, 0.25) is 0 Å². The van der Waals surface area contributed by atoms with Gasteiger partial charge in [0.15, 0.2) is 11.0 Å². The molecule has 0 spiro atoms. The summed E-state index contributed by atoms with van der Waals surface area (Å²) in [4.78, 5) is 12.5. The van der Waals surface area contributed by atoms with E-state index in [4.69, 9.17) is 4.42 Å². The van der Waals surface area contributed by atoms with Crippen molar-refractivity contribution in [2.75, 3.05) is 18.1 Å². The van der Waals surface area contributed by atoms with Crippen LogP contribution in [-0.2, 0) is 21.4 Å². The second-order valence-electron chi connectivity index (χ2n) is 6.47. The Bertz CT molecular complexity index is 1170. The van der Waals surface area contributed by atoms with Gasteiger partial charge < -0.3 is 14.3 Å². The predicted molar refractivity (Wildman–Crippen MR) is 115 cm³/mol. The molecule has 0 aliphatic rings. The number of anilines is 1. The van der Waals surface area contributed by atoms with Crippen LogP contribution in [0, 0.1) is 13.8 Å². The van der Waals surface area contributed by atoms with Gasteiger partial charge >= 0.3 is 0 Å². The molecule has 1 amide bonds. The van der Waals surface area contributed by atoms with Crippen molar-refractivity contribution in [3.8, 4) is 11.4 Å². The van der Waals surface area contributed by atoms with E-state index in [1.165, 1.54) is 24.9 Å². The van der Waals surface area contributed by atoms with E-state index in [1.54, 1.807) is 25.3 Å². The summed E-state index contributed by atoms with van der Waals surface area (Å²) < 4.78 is 33.8. The van der Waals surface area contributed by atoms with Gasteiger partial charge in [-0.1, -0.05) is 17.8 Å². The maximum absolute atomic E-state index is 12.4. The lowest BCUT2D eigenvalue weighted by Gasteiger charge is -2.10. The lowest BCUT2D eigenvalue weighted by atomic mass is 10.2. The lowest BCUT2D eigenvalue weighted by molar-refractivity contribution is -0.113. The Kier molecular flexibility index (Phi) is 6.64. The van der Waals surface area contributed by atoms with E-state index in [0.29, 0.717) is 28.8 Å². The summed E-state index contributed by atoms with van der Waals surface area (Å²) in [5, 5.41) is 11.8. The molecular formula is C19H23N5O4S2. The number of rotatable bonds is 8. The molecule has 160 valence electrons. The molecule has 2 N–H and O–H groups in total. The number of hydrogen-bond acceptors (Lipinski definition) is 7. The zero-order chi connectivity index (χ0) is 21.9. The summed E-state index contributed by atoms with van der Waals surface area (Å²) in [5.74, 6) is 1.26. The van der Waals surface area contributed by atoms with Crippen molar-refractivity contribution in [1.82, 2.24) is 19.5 Å². The van der Waals surface area contributed by atoms with Crippen molar-refractivity contribution in [3.05, 3.63) is 41.9 Å². The third kappa shape index (κ3) is 4.58. The Labute approximate surface area is 179 Å². The Morgan fingerprint density at radius 3 is 2.63 bits per heavy atom. The largest absolute Gasteiger partial charge is 0.469 e. The molecule has 30 heavy (non-hydrogen) atoms. The highest BCUT2D eigenvalue weighted by atomic mass is 32.2. The Morgan fingerprint density at radius 1 is 1.23 bits per heavy atom. The molecule has 2 heterocycles. The van der Waals surface area contributed by atoms with Gasteiger partial charge in [0.2, 0.25) is 15.9 Å². The minimum absolute atomic E-state index is 0.102. The summed E-state index contributed by atoms with van der Waals surface area (Å²) in [6.07, 6.45) is 1.60. The van der Waals surface area contributed by atoms with Crippen LogP contribution in [0.25, 0.3) is 11.4 Å². The number of thioether (sulfide) groups is 1. The Balaban J connectivity index is 1.71. The first-order valence-electron chi connectivity index (χ1n) is 9.21. The molecule has 3 rings (SSSR count). The van der Waals surface area contributed by atoms with Crippen LogP contribution >= 0.6 is 11.8 Å². The van der Waals surface area contributed by atoms with E-state index >= 15 is 0 Å². The van der Waals surface area contributed by atoms with Crippen molar-refractivity contribution < 1.29 is 17.6 Å². The highest BCUT2D eigenvalue weighted by Crippen LogP contribution is 2.27. The summed E-state index contributed by atoms with van der Waals surface area (Å²) in [7, 11) is -2.26. The summed E-state index contributed by atoms with van der Waals surface area (Å²) >= 11 is 1.26. The minimum Gasteiger partial charge on any atom is -0.469 e. The van der Waals surface area contributed by atoms with Crippen molar-refractivity contribution in [2.24, 2.45) is 0 Å². The average molecular weight is 450 g/mol. The second-order valence-corrected chi connectivity index (χ2v) is 9.26. The maximum Gasteiger partial charge on any atom is 0.240 e. The fourth-order valence-electron chi connectivity index (χ4n) is 2.90. The van der Waals surface area contributed by atoms with E-state index in [0.717, 1.165) is 11.3 Å². The Morgan fingerprint density at radius 2 is 2.00 bits per heavy atom. The fourth-order valence-corrected chi connectivity index (χ4v) is 4.70. The van der Waals surface area contributed by atoms with Crippen LogP contribution in [0.1, 0.15) is 18.2 Å². The topological polar surface area (TPSA) is 119 Å². The average Bonchev–Trinajstić information content (AvgIpc) is 3.32. The molecular weight excluding hydrogens is 426 g/mol. The van der Waals surface area contributed by atoms with E-state index in [-0.39, 0.29) is 16.6 Å². The van der Waals surface area contributed by atoms with Gasteiger partial charge in [-0.25, -0.2) is 13.1 Å². The standard InChI is InChI=1S/C19H23N5O4S2/c1-5-24-18(15-8-9-28-13(15)3)22-23-19(24)29-11-17(25)21-14-7-6-12(2)16(10-14)30(26,27)20-4/h6-10,20H,5,11H2,1-4H3,(H,21,25). The first-order chi connectivity index (χ1) is 14.3. The molecule has 0 saturated carbocycles. The fraction of sp³-hybridized carbons (Fsp3) is 0.316. The lowest BCUT2D eigenvalue weighted by Crippen LogP contribution is -2.20. The molecule has 0 fully saturated rings. The van der Waals surface area contributed by atoms with Gasteiger partial charge in [0, 0.05) is 12.2 Å². The second kappa shape index (κ2) is 9.02. The van der Waals surface area contributed by atoms with Crippen molar-refractivity contribution in [3.63, 3.8) is 0 Å². The highest BCUT2D eigenvalue weighted by molar-refractivity contribution is 7.99. The van der Waals surface area contributed by atoms with Crippen molar-refractivity contribution in [1.29, 1.82) is 0 Å². The van der Waals surface area contributed by atoms with E-state index in [1.807, 2.05) is 24.5 Å². The van der Waals surface area contributed by atoms with Gasteiger partial charge in [-0.05, 0) is 51.6 Å². The number of sulfonamides is 1. The van der Waals surface area contributed by atoms with Gasteiger partial charge in [0.05, 0.1) is 22.5 Å². The molecule has 0 unspecified atom stereocenters. The molecule has 0 bridgehead atoms. The predicted octanol–water partition coefficient (Wildman–Crippen LogP) is 2.81. The van der Waals surface area contributed by atoms with Crippen molar-refractivity contribution in [2.45, 2.75) is 37.4 Å². The number of aromatic nitrogens is 3. The molecule has 3 aromatic rings. The third-order valence-corrected chi connectivity index (χ3v) is 7.02. The van der Waals surface area contributed by atoms with Crippen LogP contribution < -0.4 is 10.0 Å². The number of benzene rings is 1. The number of hydrogen-bond donors (Lipinski definition) is 2. The van der Waals surface area contributed by atoms with Gasteiger partial charge in [0.25, 0.3) is 0 Å². The highest BCUT2D eigenvalue weighted by Gasteiger charge is 2.18. The normalized spacial score (nSPS) is 11.6. The molecule has 2 aromatic heterocycles. The monoisotopic (exact) mass is 449 g/mol. The van der Waals surface area contributed by atoms with Gasteiger partial charge in [-0.2, -0.15) is 0 Å². The molecule has 0 saturated heterocycles. The maximum atomic E-state index is 12.4. The Hall–Kier alpha value is -2.63. The number of nitrogens with zero attached hydrogens (tertiary/aromatic N) is 3. The van der Waals surface area contributed by atoms with Gasteiger partial charge in [-0.15, -0.1) is 10.2 Å². The molecule has 9 nitrogen and oxygen atoms in total. The van der Waals surface area contributed by atoms with E-state index in [2.05, 4.69) is 20.2 Å². The number of amides is 1. The molecule has 1 aromatic carbocycles.